The van der Waals surface area contributed by atoms with E-state index < -0.39 is 97.9 Å². The predicted molar refractivity (Wildman–Crippen MR) is 322 cm³/mol. The first-order valence-corrected chi connectivity index (χ1v) is 29.5. The van der Waals surface area contributed by atoms with Gasteiger partial charge in [0.15, 0.2) is 17.6 Å². The third kappa shape index (κ3) is 16.6. The lowest BCUT2D eigenvalue weighted by Gasteiger charge is -2.50. The first-order valence-electron chi connectivity index (χ1n) is 29.1. The predicted octanol–water partition coefficient (Wildman–Crippen LogP) is 6.83. The number of benzene rings is 7. The van der Waals surface area contributed by atoms with Crippen LogP contribution in [0.5, 0.6) is 0 Å². The number of hydrogen-bond acceptors (Lipinski definition) is 16. The molecule has 3 aliphatic rings. The van der Waals surface area contributed by atoms with Gasteiger partial charge in [0.05, 0.1) is 72.1 Å². The molecule has 7 N–H and O–H groups in total. The van der Waals surface area contributed by atoms with Crippen molar-refractivity contribution in [3.8, 4) is 0 Å². The molecule has 454 valence electrons. The van der Waals surface area contributed by atoms with Gasteiger partial charge in [-0.3, -0.25) is 0 Å². The summed E-state index contributed by atoms with van der Waals surface area (Å²) in [5.41, 5.74) is 3.89. The van der Waals surface area contributed by atoms with Crippen molar-refractivity contribution in [1.82, 2.24) is 10.6 Å². The van der Waals surface area contributed by atoms with E-state index in [1.54, 1.807) is 0 Å². The van der Waals surface area contributed by atoms with E-state index in [9.17, 15) is 25.5 Å². The van der Waals surface area contributed by atoms with E-state index >= 15 is 0 Å². The molecule has 10 rings (SSSR count). The van der Waals surface area contributed by atoms with Crippen molar-refractivity contribution in [2.45, 2.75) is 138 Å². The van der Waals surface area contributed by atoms with Gasteiger partial charge in [0, 0.05) is 0 Å². The lowest BCUT2D eigenvalue weighted by molar-refractivity contribution is -0.363. The summed E-state index contributed by atoms with van der Waals surface area (Å²) < 4.78 is 70.6. The Labute approximate surface area is 507 Å². The molecular weight excluding hydrogens is 1120 g/mol. The summed E-state index contributed by atoms with van der Waals surface area (Å²) in [6, 6.07) is 66.8. The maximum absolute atomic E-state index is 11.5. The van der Waals surface area contributed by atoms with Crippen LogP contribution in [0.1, 0.15) is 38.9 Å². The molecule has 15 atom stereocenters. The molecule has 18 heteroatoms. The number of nitrogens with one attached hydrogen (secondary N) is 2. The number of aliphatic hydroxyl groups is 5. The molecular formula is C68H76N2O15S. The zero-order valence-corrected chi connectivity index (χ0v) is 48.4. The molecule has 1 aliphatic carbocycles. The molecule has 17 nitrogen and oxygen atoms in total. The van der Waals surface area contributed by atoms with Crippen LogP contribution in [-0.2, 0) is 93.6 Å². The number of hydrogen-bond donors (Lipinski definition) is 7. The maximum atomic E-state index is 11.5. The van der Waals surface area contributed by atoms with Crippen LogP contribution < -0.4 is 10.6 Å². The summed E-state index contributed by atoms with van der Waals surface area (Å²) in [6.07, 6.45) is -15.7. The molecule has 3 fully saturated rings. The Morgan fingerprint density at radius 3 is 1.14 bits per heavy atom. The second-order valence-corrected chi connectivity index (χ2v) is 22.1. The number of thiocarbonyl (C=S) groups is 1. The smallest absolute Gasteiger partial charge is 0.187 e. The van der Waals surface area contributed by atoms with Crippen LogP contribution in [0.25, 0.3) is 0 Å². The summed E-state index contributed by atoms with van der Waals surface area (Å²) in [7, 11) is 0. The Hall–Kier alpha value is -6.37. The normalized spacial score (nSPS) is 28.2. The van der Waals surface area contributed by atoms with Gasteiger partial charge in [0.25, 0.3) is 0 Å². The molecule has 0 unspecified atom stereocenters. The fourth-order valence-corrected chi connectivity index (χ4v) is 11.2. The lowest BCUT2D eigenvalue weighted by atomic mass is 9.95. The van der Waals surface area contributed by atoms with Crippen LogP contribution in [0.3, 0.4) is 0 Å². The van der Waals surface area contributed by atoms with Crippen LogP contribution in [0.2, 0.25) is 0 Å². The molecule has 2 aliphatic heterocycles. The first-order chi connectivity index (χ1) is 42.1. The second-order valence-electron chi connectivity index (χ2n) is 21.7. The van der Waals surface area contributed by atoms with Crippen molar-refractivity contribution in [2.24, 2.45) is 0 Å². The zero-order chi connectivity index (χ0) is 59.5. The standard InChI is InChI=1S/C68H76N2O15S/c71-45-68(75)63(55(72)56(73)64(68)74)69-67(86)70-65-61(81-41-51-32-18-6-19-33-51)60(80-40-50-30-16-5-17-31-50)58(54(83-65)44-77-37-47-24-10-2-11-25-47)85-66-62(82-42-52-34-20-7-21-35-52)59(79-39-49-28-14-4-15-29-49)57(78-38-48-26-12-3-13-27-48)53(84-66)43-76-36-46-22-8-1-9-23-46/h1-35,53-66,71-75H,36-45H2,(H2,69,70,86)/t53-,54-,55-,56-,57-,58-,59+,60+,61-,62-,63-,64+,65+,66+,68+/m1/s1. The highest BCUT2D eigenvalue weighted by Gasteiger charge is 2.60. The van der Waals surface area contributed by atoms with E-state index in [1.165, 1.54) is 0 Å². The van der Waals surface area contributed by atoms with Gasteiger partial charge in [-0.15, -0.1) is 0 Å². The van der Waals surface area contributed by atoms with Crippen molar-refractivity contribution in [3.63, 3.8) is 0 Å². The maximum Gasteiger partial charge on any atom is 0.187 e. The molecule has 2 saturated heterocycles. The van der Waals surface area contributed by atoms with Gasteiger partial charge in [0.2, 0.25) is 0 Å². The van der Waals surface area contributed by atoms with E-state index in [0.29, 0.717) is 0 Å². The van der Waals surface area contributed by atoms with Crippen molar-refractivity contribution >= 4 is 17.3 Å². The summed E-state index contributed by atoms with van der Waals surface area (Å²) in [5, 5.41) is 60.3. The van der Waals surface area contributed by atoms with Crippen molar-refractivity contribution in [1.29, 1.82) is 0 Å². The highest BCUT2D eigenvalue weighted by Crippen LogP contribution is 2.37. The van der Waals surface area contributed by atoms with Gasteiger partial charge in [-0.05, 0) is 51.2 Å². The molecule has 1 saturated carbocycles. The summed E-state index contributed by atoms with van der Waals surface area (Å²) in [6.45, 7) is 0.0845. The molecule has 0 spiro atoms. The number of ether oxygens (including phenoxy) is 10. The van der Waals surface area contributed by atoms with Crippen molar-refractivity contribution in [2.75, 3.05) is 19.8 Å². The van der Waals surface area contributed by atoms with Crippen LogP contribution in [0.4, 0.5) is 0 Å². The summed E-state index contributed by atoms with van der Waals surface area (Å²) >= 11 is 5.91. The van der Waals surface area contributed by atoms with Crippen LogP contribution in [0.15, 0.2) is 212 Å². The Balaban J connectivity index is 1.06. The third-order valence-corrected chi connectivity index (χ3v) is 15.8. The van der Waals surface area contributed by atoms with Gasteiger partial charge in [0.1, 0.15) is 72.7 Å². The molecule has 2 heterocycles. The molecule has 0 amide bonds. The van der Waals surface area contributed by atoms with Crippen molar-refractivity contribution in [3.05, 3.63) is 251 Å². The van der Waals surface area contributed by atoms with Gasteiger partial charge < -0.3 is 83.5 Å². The van der Waals surface area contributed by atoms with E-state index in [2.05, 4.69) is 10.6 Å². The molecule has 7 aromatic rings. The van der Waals surface area contributed by atoms with E-state index in [4.69, 9.17) is 59.6 Å². The Morgan fingerprint density at radius 2 is 0.744 bits per heavy atom. The summed E-state index contributed by atoms with van der Waals surface area (Å²) in [5.74, 6) is 0. The second kappa shape index (κ2) is 31.5. The lowest BCUT2D eigenvalue weighted by Crippen LogP contribution is -2.69. The van der Waals surface area contributed by atoms with E-state index in [1.807, 2.05) is 212 Å². The Kier molecular flexibility index (Phi) is 23.0. The fourth-order valence-electron chi connectivity index (χ4n) is 11.0. The van der Waals surface area contributed by atoms with Gasteiger partial charge in [-0.2, -0.15) is 0 Å². The molecule has 0 aromatic heterocycles. The van der Waals surface area contributed by atoms with Crippen LogP contribution in [0, 0.1) is 0 Å². The molecule has 0 bridgehead atoms. The average molecular weight is 1190 g/mol. The summed E-state index contributed by atoms with van der Waals surface area (Å²) in [4.78, 5) is 0. The number of rotatable bonds is 28. The third-order valence-electron chi connectivity index (χ3n) is 15.6. The van der Waals surface area contributed by atoms with Gasteiger partial charge in [-0.1, -0.05) is 212 Å². The van der Waals surface area contributed by atoms with Crippen LogP contribution in [-0.4, -0.2) is 142 Å². The zero-order valence-electron chi connectivity index (χ0n) is 47.6. The Bertz CT molecular complexity index is 3060. The van der Waals surface area contributed by atoms with E-state index in [-0.39, 0.29) is 64.6 Å². The largest absolute Gasteiger partial charge is 0.393 e. The SMILES string of the molecule is OC[C@]1(O)[C@H](NC(=S)N[C@H]2O[C@H](COCc3ccccc3)[C@@H](O[C@@H]3O[C@H](COCc4ccccc4)[C@@H](OCc4ccccc4)[C@H](OCc4ccccc4)[C@H]3OCc3ccccc3)[C@H](OCc3ccccc3)[C@H]2OCc2ccccc2)[C@H](O)[C@@H](O)[C@@H]1O. The minimum absolute atomic E-state index is 0.0535. The van der Waals surface area contributed by atoms with Gasteiger partial charge >= 0.3 is 0 Å². The van der Waals surface area contributed by atoms with Crippen molar-refractivity contribution < 1.29 is 72.9 Å². The van der Waals surface area contributed by atoms with E-state index in [0.717, 1.165) is 38.9 Å². The van der Waals surface area contributed by atoms with Crippen LogP contribution >= 0.6 is 12.2 Å². The highest BCUT2D eigenvalue weighted by atomic mass is 32.1. The highest BCUT2D eigenvalue weighted by molar-refractivity contribution is 7.80. The minimum atomic E-state index is -2.40. The topological polar surface area (TPSA) is 218 Å². The molecule has 0 radical (unpaired) electrons. The average Bonchev–Trinajstić information content (AvgIpc) is 2.26. The first kappa shape index (κ1) is 62.7. The number of aliphatic hydroxyl groups excluding tert-OH is 4. The van der Waals surface area contributed by atoms with Gasteiger partial charge in [-0.25, -0.2) is 0 Å². The quantitative estimate of drug-likeness (QED) is 0.0250. The minimum Gasteiger partial charge on any atom is -0.393 e. The Morgan fingerprint density at radius 1 is 0.407 bits per heavy atom. The molecule has 7 aromatic carbocycles. The fraction of sp³-hybridized carbons (Fsp3) is 0.368. The monoisotopic (exact) mass is 1190 g/mol. The molecule has 86 heavy (non-hydrogen) atoms.